The third-order valence-corrected chi connectivity index (χ3v) is 16.9. The predicted octanol–water partition coefficient (Wildman–Crippen LogP) is 11.3. The quantitative estimate of drug-likeness (QED) is 0.112. The molecule has 0 radical (unpaired) electrons. The topological polar surface area (TPSA) is 78.9 Å². The molecular formula is C50H51N5. The summed E-state index contributed by atoms with van der Waals surface area (Å²) in [6.07, 6.45) is 10.7. The van der Waals surface area contributed by atoms with Crippen LogP contribution in [-0.2, 0) is 27.1 Å². The smallest absolute Gasteiger partial charge is 0.0776 e. The van der Waals surface area contributed by atoms with Crippen molar-refractivity contribution in [3.63, 3.8) is 0 Å². The summed E-state index contributed by atoms with van der Waals surface area (Å²) in [5.74, 6) is 0.0172. The second-order valence-corrected chi connectivity index (χ2v) is 17.5. The van der Waals surface area contributed by atoms with Crippen molar-refractivity contribution in [3.8, 4) is 0 Å². The molecule has 5 heteroatoms. The SMILES string of the molecule is CC1=C(C)[C@]2(c3ccc[nH]3)C(C)=C(C)[C@]3(c4ccc[nH]4)C(C)=C(C)[C@]4(c5ccc[nH]5)C(C)=C(C)[C@]5(c6ccc[nH]6)C(C)=C(C)C1(c1ccc[nH]1)C1C2=C3C4=C15. The Labute approximate surface area is 324 Å². The largest absolute Gasteiger partial charge is 0.364 e. The van der Waals surface area contributed by atoms with E-state index in [4.69, 9.17) is 0 Å². The second-order valence-electron chi connectivity index (χ2n) is 17.5. The molecule has 6 atom stereocenters. The highest BCUT2D eigenvalue weighted by molar-refractivity contribution is 5.91. The van der Waals surface area contributed by atoms with Gasteiger partial charge in [0.1, 0.15) is 0 Å². The van der Waals surface area contributed by atoms with Crippen LogP contribution < -0.4 is 0 Å². The van der Waals surface area contributed by atoms with E-state index in [-0.39, 0.29) is 5.92 Å². The molecule has 5 heterocycles. The Balaban J connectivity index is 1.52. The van der Waals surface area contributed by atoms with Gasteiger partial charge in [0.25, 0.3) is 0 Å². The van der Waals surface area contributed by atoms with Crippen molar-refractivity contribution in [2.24, 2.45) is 5.92 Å². The summed E-state index contributed by atoms with van der Waals surface area (Å²) in [5, 5.41) is 0. The van der Waals surface area contributed by atoms with Gasteiger partial charge in [-0.05, 0) is 152 Å². The molecule has 0 aromatic carbocycles. The maximum absolute atomic E-state index is 3.89. The zero-order valence-electron chi connectivity index (χ0n) is 33.7. The summed E-state index contributed by atoms with van der Waals surface area (Å²) in [5.41, 5.74) is 24.2. The van der Waals surface area contributed by atoms with Gasteiger partial charge in [-0.15, -0.1) is 0 Å². The molecule has 0 spiro atoms. The summed E-state index contributed by atoms with van der Waals surface area (Å²) in [7, 11) is 0. The van der Waals surface area contributed by atoms with Crippen molar-refractivity contribution in [1.82, 2.24) is 24.9 Å². The van der Waals surface area contributed by atoms with Crippen LogP contribution in [0.25, 0.3) is 0 Å². The number of aromatic nitrogens is 5. The molecule has 2 unspecified atom stereocenters. The van der Waals surface area contributed by atoms with Gasteiger partial charge in [0.2, 0.25) is 0 Å². The monoisotopic (exact) mass is 721 g/mol. The highest BCUT2D eigenvalue weighted by atomic mass is 14.9. The summed E-state index contributed by atoms with van der Waals surface area (Å²) >= 11 is 0. The Morgan fingerprint density at radius 1 is 0.327 bits per heavy atom. The number of rotatable bonds is 5. The van der Waals surface area contributed by atoms with E-state index >= 15 is 0 Å². The van der Waals surface area contributed by atoms with E-state index in [9.17, 15) is 0 Å². The Kier molecular flexibility index (Phi) is 6.03. The van der Waals surface area contributed by atoms with Gasteiger partial charge in [-0.3, -0.25) is 0 Å². The molecule has 55 heavy (non-hydrogen) atoms. The summed E-state index contributed by atoms with van der Waals surface area (Å²) in [4.78, 5) is 19.4. The molecule has 0 aliphatic heterocycles. The van der Waals surface area contributed by atoms with Gasteiger partial charge in [-0.25, -0.2) is 0 Å². The van der Waals surface area contributed by atoms with Crippen LogP contribution in [0.5, 0.6) is 0 Å². The Morgan fingerprint density at radius 3 is 0.873 bits per heavy atom. The lowest BCUT2D eigenvalue weighted by Crippen LogP contribution is -2.58. The van der Waals surface area contributed by atoms with Crippen LogP contribution in [0.15, 0.2) is 170 Å². The molecule has 11 rings (SSSR count). The molecule has 6 aliphatic carbocycles. The van der Waals surface area contributed by atoms with E-state index in [1.165, 1.54) is 95.3 Å². The lowest BCUT2D eigenvalue weighted by molar-refractivity contribution is 0.325. The van der Waals surface area contributed by atoms with E-state index in [1.807, 2.05) is 0 Å². The van der Waals surface area contributed by atoms with Crippen molar-refractivity contribution < 1.29 is 0 Å². The number of aromatic amines is 5. The van der Waals surface area contributed by atoms with Gasteiger partial charge < -0.3 is 24.9 Å². The first-order valence-corrected chi connectivity index (χ1v) is 20.1. The van der Waals surface area contributed by atoms with Crippen LogP contribution in [0.2, 0.25) is 0 Å². The van der Waals surface area contributed by atoms with Crippen LogP contribution in [-0.4, -0.2) is 24.9 Å². The molecule has 5 N–H and O–H groups in total. The van der Waals surface area contributed by atoms with Crippen molar-refractivity contribution in [2.45, 2.75) is 96.3 Å². The van der Waals surface area contributed by atoms with Gasteiger partial charge >= 0.3 is 0 Å². The summed E-state index contributed by atoms with van der Waals surface area (Å²) in [6, 6.07) is 22.8. The molecule has 5 aromatic heterocycles. The maximum atomic E-state index is 3.89. The number of nitrogens with one attached hydrogen (secondary N) is 5. The Morgan fingerprint density at radius 2 is 0.582 bits per heavy atom. The average Bonchev–Trinajstić information content (AvgIpc) is 4.04. The van der Waals surface area contributed by atoms with Crippen LogP contribution in [0, 0.1) is 5.92 Å². The zero-order valence-corrected chi connectivity index (χ0v) is 33.7. The first-order valence-electron chi connectivity index (χ1n) is 20.1. The molecule has 0 saturated carbocycles. The predicted molar refractivity (Wildman–Crippen MR) is 222 cm³/mol. The molecule has 0 saturated heterocycles. The third kappa shape index (κ3) is 2.93. The van der Waals surface area contributed by atoms with Gasteiger partial charge in [-0.1, -0.05) is 55.7 Å². The summed E-state index contributed by atoms with van der Waals surface area (Å²) < 4.78 is 0. The average molecular weight is 722 g/mol. The van der Waals surface area contributed by atoms with Crippen molar-refractivity contribution in [2.75, 3.05) is 0 Å². The van der Waals surface area contributed by atoms with Crippen LogP contribution in [0.1, 0.15) is 97.7 Å². The minimum atomic E-state index is -0.499. The number of hydrogen-bond acceptors (Lipinski definition) is 0. The van der Waals surface area contributed by atoms with Gasteiger partial charge in [0.15, 0.2) is 0 Å². The standard InChI is InChI=1S/C50H51N5/c1-26-27(2)47(37-17-12-22-52-37)30(5)31(6)49(39-19-14-24-54-39)34(9)35(10)50(40-20-15-25-55-40)33(8)32(7)48(38-18-13-23-53-38)29(4)28(3)46(26,36-16-11-21-51-36)41-42(47)44(49)45(50)43(41)48/h11-25,41,51-55H,1-10H3/t41?,46?,47-,48+,49-,50+. The third-order valence-electron chi connectivity index (χ3n) is 16.9. The van der Waals surface area contributed by atoms with Gasteiger partial charge in [-0.2, -0.15) is 0 Å². The fourth-order valence-corrected chi connectivity index (χ4v) is 14.5. The van der Waals surface area contributed by atoms with Crippen molar-refractivity contribution in [3.05, 3.63) is 198 Å². The number of allylic oxidation sites excluding steroid dienone is 14. The van der Waals surface area contributed by atoms with Crippen LogP contribution >= 0.6 is 0 Å². The minimum Gasteiger partial charge on any atom is -0.364 e. The molecular weight excluding hydrogens is 671 g/mol. The van der Waals surface area contributed by atoms with E-state index in [0.29, 0.717) is 0 Å². The first-order chi connectivity index (χ1) is 26.5. The summed E-state index contributed by atoms with van der Waals surface area (Å²) in [6.45, 7) is 24.6. The maximum Gasteiger partial charge on any atom is 0.0776 e. The first kappa shape index (κ1) is 33.0. The van der Waals surface area contributed by atoms with E-state index in [0.717, 1.165) is 0 Å². The van der Waals surface area contributed by atoms with E-state index in [1.54, 1.807) is 11.1 Å². The van der Waals surface area contributed by atoms with E-state index < -0.39 is 27.1 Å². The van der Waals surface area contributed by atoms with Crippen molar-refractivity contribution >= 4 is 0 Å². The van der Waals surface area contributed by atoms with Gasteiger partial charge in [0, 0.05) is 65.4 Å². The highest BCUT2D eigenvalue weighted by Crippen LogP contribution is 2.82. The van der Waals surface area contributed by atoms with Crippen molar-refractivity contribution in [1.29, 1.82) is 0 Å². The fourth-order valence-electron chi connectivity index (χ4n) is 14.5. The lowest BCUT2D eigenvalue weighted by Gasteiger charge is -2.62. The highest BCUT2D eigenvalue weighted by Gasteiger charge is 2.76. The Hall–Kier alpha value is -5.42. The fraction of sp³-hybridized carbons (Fsp3) is 0.320. The zero-order chi connectivity index (χ0) is 38.2. The number of hydrogen-bond donors (Lipinski definition) is 5. The Bertz CT molecular complexity index is 2560. The molecule has 5 nitrogen and oxygen atoms in total. The van der Waals surface area contributed by atoms with Crippen LogP contribution in [0.4, 0.5) is 0 Å². The molecule has 0 bridgehead atoms. The van der Waals surface area contributed by atoms with E-state index in [2.05, 4.69) is 186 Å². The molecule has 0 fully saturated rings. The number of H-pyrrole nitrogens is 5. The van der Waals surface area contributed by atoms with Crippen LogP contribution in [0.3, 0.4) is 0 Å². The molecule has 6 aliphatic rings. The minimum absolute atomic E-state index is 0.0172. The van der Waals surface area contributed by atoms with Gasteiger partial charge in [0.05, 0.1) is 27.1 Å². The molecule has 276 valence electrons. The molecule has 0 amide bonds. The normalized spacial score (nSPS) is 33.7. The second kappa shape index (κ2) is 10.1. The lowest BCUT2D eigenvalue weighted by atomic mass is 9.40. The molecule has 5 aromatic rings.